The number of anilines is 1. The highest BCUT2D eigenvalue weighted by atomic mass is 19.4. The van der Waals surface area contributed by atoms with Crippen LogP contribution in [0.4, 0.5) is 18.9 Å². The molecule has 0 spiro atoms. The lowest BCUT2D eigenvalue weighted by atomic mass is 9.97. The van der Waals surface area contributed by atoms with Crippen LogP contribution >= 0.6 is 0 Å². The highest BCUT2D eigenvalue weighted by molar-refractivity contribution is 6.09. The summed E-state index contributed by atoms with van der Waals surface area (Å²) in [4.78, 5) is 55.5. The molecule has 0 saturated heterocycles. The van der Waals surface area contributed by atoms with Gasteiger partial charge in [0.15, 0.2) is 0 Å². The van der Waals surface area contributed by atoms with E-state index in [9.17, 15) is 32.3 Å². The number of alkyl halides is 3. The molecule has 1 N–H and O–H groups in total. The molecule has 0 radical (unpaired) electrons. The Morgan fingerprint density at radius 3 is 2.02 bits per heavy atom. The van der Waals surface area contributed by atoms with Gasteiger partial charge in [-0.05, 0) is 78.1 Å². The molecule has 0 aliphatic carbocycles. The van der Waals surface area contributed by atoms with E-state index in [1.165, 1.54) is 36.4 Å². The smallest absolute Gasteiger partial charge is 0.416 e. The molecule has 0 aliphatic rings. The number of hydrogen-bond acceptors (Lipinski definition) is 6. The molecular weight excluding hydrogens is 697 g/mol. The van der Waals surface area contributed by atoms with Crippen molar-refractivity contribution in [2.75, 3.05) is 25.0 Å². The number of benzene rings is 5. The Labute approximate surface area is 311 Å². The summed E-state index contributed by atoms with van der Waals surface area (Å²) in [6, 6.07) is 33.4. The molecule has 2 amide bonds. The minimum Gasteiger partial charge on any atom is -0.464 e. The molecule has 11 heteroatoms. The van der Waals surface area contributed by atoms with Gasteiger partial charge in [-0.3, -0.25) is 14.4 Å². The molecule has 5 aromatic carbocycles. The zero-order chi connectivity index (χ0) is 38.7. The number of amides is 2. The van der Waals surface area contributed by atoms with Crippen molar-refractivity contribution in [1.82, 2.24) is 4.90 Å². The third kappa shape index (κ3) is 10.0. The monoisotopic (exact) mass is 736 g/mol. The van der Waals surface area contributed by atoms with Gasteiger partial charge < -0.3 is 19.7 Å². The number of halogens is 3. The number of carbonyl (C=O) groups excluding carboxylic acids is 4. The maximum Gasteiger partial charge on any atom is 0.416 e. The Bertz CT molecular complexity index is 2070. The molecule has 0 aliphatic heterocycles. The average molecular weight is 737 g/mol. The summed E-state index contributed by atoms with van der Waals surface area (Å²) < 4.78 is 50.8. The van der Waals surface area contributed by atoms with Crippen LogP contribution in [0.3, 0.4) is 0 Å². The van der Waals surface area contributed by atoms with Crippen molar-refractivity contribution >= 4 is 29.4 Å². The van der Waals surface area contributed by atoms with E-state index >= 15 is 0 Å². The SMILES string of the molecule is CCN(CC)C(=O)C(COC(=O)Cc1cc(C(=O)OCc2ccccc2)ccc1NC(=O)c1ccccc1-c1ccc(C(F)(F)F)cc1)c1ccccc1. The van der Waals surface area contributed by atoms with Gasteiger partial charge >= 0.3 is 18.1 Å². The predicted octanol–water partition coefficient (Wildman–Crippen LogP) is 8.72. The van der Waals surface area contributed by atoms with Crippen molar-refractivity contribution in [1.29, 1.82) is 0 Å². The minimum absolute atomic E-state index is 0.0116. The Balaban J connectivity index is 1.40. The van der Waals surface area contributed by atoms with Crippen LogP contribution in [0.5, 0.6) is 0 Å². The number of nitrogens with one attached hydrogen (secondary N) is 1. The maximum absolute atomic E-state index is 13.8. The molecule has 278 valence electrons. The van der Waals surface area contributed by atoms with E-state index in [-0.39, 0.29) is 47.9 Å². The fourth-order valence-electron chi connectivity index (χ4n) is 5.89. The number of esters is 2. The molecule has 0 fully saturated rings. The number of nitrogens with zero attached hydrogens (tertiary/aromatic N) is 1. The van der Waals surface area contributed by atoms with E-state index < -0.39 is 35.5 Å². The molecule has 0 bridgehead atoms. The molecule has 8 nitrogen and oxygen atoms in total. The van der Waals surface area contributed by atoms with Crippen LogP contribution in [0, 0.1) is 0 Å². The van der Waals surface area contributed by atoms with Gasteiger partial charge in [-0.15, -0.1) is 0 Å². The number of hydrogen-bond donors (Lipinski definition) is 1. The highest BCUT2D eigenvalue weighted by Gasteiger charge is 2.30. The number of likely N-dealkylation sites (N-methyl/N-ethyl adjacent to an activating group) is 1. The van der Waals surface area contributed by atoms with Crippen LogP contribution < -0.4 is 5.32 Å². The first-order valence-electron chi connectivity index (χ1n) is 17.4. The fourth-order valence-corrected chi connectivity index (χ4v) is 5.89. The Kier molecular flexibility index (Phi) is 13.0. The van der Waals surface area contributed by atoms with Crippen LogP contribution in [0.25, 0.3) is 11.1 Å². The van der Waals surface area contributed by atoms with Gasteiger partial charge in [0, 0.05) is 24.3 Å². The van der Waals surface area contributed by atoms with Gasteiger partial charge in [0.25, 0.3) is 5.91 Å². The molecular formula is C43H39F3N2O6. The van der Waals surface area contributed by atoms with Crippen molar-refractivity contribution in [3.05, 3.63) is 161 Å². The summed E-state index contributed by atoms with van der Waals surface area (Å²) in [6.45, 7) is 4.46. The first-order valence-corrected chi connectivity index (χ1v) is 17.4. The van der Waals surface area contributed by atoms with Gasteiger partial charge in [0.2, 0.25) is 5.91 Å². The van der Waals surface area contributed by atoms with Crippen LogP contribution in [0.1, 0.15) is 62.7 Å². The van der Waals surface area contributed by atoms with E-state index in [4.69, 9.17) is 9.47 Å². The normalized spacial score (nSPS) is 11.6. The van der Waals surface area contributed by atoms with Gasteiger partial charge in [0.05, 0.1) is 23.5 Å². The quantitative estimate of drug-likeness (QED) is 0.115. The van der Waals surface area contributed by atoms with Gasteiger partial charge in [-0.1, -0.05) is 91.0 Å². The summed E-state index contributed by atoms with van der Waals surface area (Å²) >= 11 is 0. The third-order valence-corrected chi connectivity index (χ3v) is 8.82. The van der Waals surface area contributed by atoms with Crippen LogP contribution in [-0.4, -0.2) is 48.3 Å². The number of carbonyl (C=O) groups is 4. The van der Waals surface area contributed by atoms with E-state index in [2.05, 4.69) is 5.32 Å². The van der Waals surface area contributed by atoms with Crippen molar-refractivity contribution in [2.24, 2.45) is 0 Å². The Hall–Kier alpha value is -6.23. The summed E-state index contributed by atoms with van der Waals surface area (Å²) in [5.41, 5.74) is 2.13. The van der Waals surface area contributed by atoms with E-state index in [0.717, 1.165) is 17.7 Å². The standard InChI is InChI=1S/C43H39F3N2O6/c1-3-48(4-2)41(51)37(30-15-9-6-10-16-30)28-53-39(49)26-33-25-32(42(52)54-27-29-13-7-5-8-14-29)21-24-38(33)47-40(50)36-18-12-11-17-35(36)31-19-22-34(23-20-31)43(44,45)46/h5-25,37H,3-4,26-28H2,1-2H3,(H,47,50). The summed E-state index contributed by atoms with van der Waals surface area (Å²) in [5.74, 6) is -2.92. The van der Waals surface area contributed by atoms with E-state index in [1.54, 1.807) is 47.4 Å². The zero-order valence-electron chi connectivity index (χ0n) is 29.8. The lowest BCUT2D eigenvalue weighted by molar-refractivity contribution is -0.145. The molecule has 0 aromatic heterocycles. The lowest BCUT2D eigenvalue weighted by Crippen LogP contribution is -2.37. The first kappa shape index (κ1) is 39.0. The van der Waals surface area contributed by atoms with E-state index in [0.29, 0.717) is 29.8 Å². The fraction of sp³-hybridized carbons (Fsp3) is 0.209. The predicted molar refractivity (Wildman–Crippen MR) is 199 cm³/mol. The van der Waals surface area contributed by atoms with Crippen molar-refractivity contribution in [3.63, 3.8) is 0 Å². The molecule has 1 atom stereocenters. The van der Waals surface area contributed by atoms with Crippen LogP contribution in [0.2, 0.25) is 0 Å². The van der Waals surface area contributed by atoms with Gasteiger partial charge in [-0.2, -0.15) is 13.2 Å². The maximum atomic E-state index is 13.8. The molecule has 5 rings (SSSR count). The van der Waals surface area contributed by atoms with Crippen LogP contribution in [0.15, 0.2) is 127 Å². The Morgan fingerprint density at radius 1 is 0.741 bits per heavy atom. The third-order valence-electron chi connectivity index (χ3n) is 8.82. The topological polar surface area (TPSA) is 102 Å². The second-order valence-corrected chi connectivity index (χ2v) is 12.3. The second-order valence-electron chi connectivity index (χ2n) is 12.3. The first-order chi connectivity index (χ1) is 26.0. The van der Waals surface area contributed by atoms with Crippen LogP contribution in [-0.2, 0) is 38.3 Å². The summed E-state index contributed by atoms with van der Waals surface area (Å²) in [5, 5.41) is 2.80. The van der Waals surface area contributed by atoms with Crippen molar-refractivity contribution < 1.29 is 41.8 Å². The minimum atomic E-state index is -4.52. The van der Waals surface area contributed by atoms with Crippen molar-refractivity contribution in [3.8, 4) is 11.1 Å². The van der Waals surface area contributed by atoms with Gasteiger partial charge in [0.1, 0.15) is 13.2 Å². The second kappa shape index (κ2) is 18.0. The molecule has 54 heavy (non-hydrogen) atoms. The molecule has 0 saturated carbocycles. The van der Waals surface area contributed by atoms with Gasteiger partial charge in [-0.25, -0.2) is 4.79 Å². The number of ether oxygens (including phenoxy) is 2. The zero-order valence-corrected chi connectivity index (χ0v) is 29.8. The Morgan fingerprint density at radius 2 is 1.37 bits per heavy atom. The molecule has 1 unspecified atom stereocenters. The highest BCUT2D eigenvalue weighted by Crippen LogP contribution is 2.32. The number of rotatable bonds is 14. The molecule has 0 heterocycles. The largest absolute Gasteiger partial charge is 0.464 e. The van der Waals surface area contributed by atoms with E-state index in [1.807, 2.05) is 50.2 Å². The lowest BCUT2D eigenvalue weighted by Gasteiger charge is -2.25. The molecule has 5 aromatic rings. The summed E-state index contributed by atoms with van der Waals surface area (Å²) in [7, 11) is 0. The van der Waals surface area contributed by atoms with Crippen molar-refractivity contribution in [2.45, 2.75) is 39.0 Å². The summed E-state index contributed by atoms with van der Waals surface area (Å²) in [6.07, 6.45) is -4.90. The average Bonchev–Trinajstić information content (AvgIpc) is 3.18.